The van der Waals surface area contributed by atoms with E-state index in [9.17, 15) is 4.39 Å². The van der Waals surface area contributed by atoms with Gasteiger partial charge in [-0.2, -0.15) is 15.5 Å². The molecule has 0 atom stereocenters. The third kappa shape index (κ3) is 4.06. The number of ether oxygens (including phenoxy) is 1. The number of hydrogen-bond acceptors (Lipinski definition) is 6. The SMILES string of the molecule is Cc1cc(C(=N)c2cc(OCc3c(C)cnnc3C)ccc2N)cc(C#N)c1F. The summed E-state index contributed by atoms with van der Waals surface area (Å²) in [4.78, 5) is 0. The molecule has 2 aromatic carbocycles. The molecule has 0 spiro atoms. The molecule has 0 fully saturated rings. The van der Waals surface area contributed by atoms with E-state index in [1.807, 2.05) is 19.9 Å². The summed E-state index contributed by atoms with van der Waals surface area (Å²) in [6.07, 6.45) is 1.68. The van der Waals surface area contributed by atoms with Crippen molar-refractivity contribution in [3.05, 3.63) is 81.4 Å². The fraction of sp³-hybridized carbons (Fsp3) is 0.182. The van der Waals surface area contributed by atoms with Crippen LogP contribution in [0.2, 0.25) is 0 Å². The van der Waals surface area contributed by atoms with Crippen LogP contribution >= 0.6 is 0 Å². The van der Waals surface area contributed by atoms with Gasteiger partial charge in [-0.25, -0.2) is 4.39 Å². The fourth-order valence-electron chi connectivity index (χ4n) is 2.99. The lowest BCUT2D eigenvalue weighted by Gasteiger charge is -2.14. The number of nitriles is 1. The molecule has 0 saturated heterocycles. The van der Waals surface area contributed by atoms with E-state index < -0.39 is 5.82 Å². The molecule has 3 rings (SSSR count). The second kappa shape index (κ2) is 8.07. The zero-order chi connectivity index (χ0) is 21.1. The van der Waals surface area contributed by atoms with Crippen LogP contribution in [0.1, 0.15) is 39.1 Å². The zero-order valence-corrected chi connectivity index (χ0v) is 16.4. The van der Waals surface area contributed by atoms with Crippen molar-refractivity contribution in [2.45, 2.75) is 27.4 Å². The van der Waals surface area contributed by atoms with Gasteiger partial charge < -0.3 is 10.5 Å². The Morgan fingerprint density at radius 1 is 1.21 bits per heavy atom. The Morgan fingerprint density at radius 3 is 2.66 bits per heavy atom. The van der Waals surface area contributed by atoms with Crippen molar-refractivity contribution in [2.24, 2.45) is 0 Å². The van der Waals surface area contributed by atoms with Crippen LogP contribution in [0.25, 0.3) is 0 Å². The molecular formula is C22H20FN5O. The summed E-state index contributed by atoms with van der Waals surface area (Å²) in [6, 6.07) is 9.75. The molecule has 0 radical (unpaired) electrons. The summed E-state index contributed by atoms with van der Waals surface area (Å²) in [5.74, 6) is -0.0419. The normalized spacial score (nSPS) is 10.4. The highest BCUT2D eigenvalue weighted by molar-refractivity contribution is 6.14. The van der Waals surface area contributed by atoms with E-state index in [1.165, 1.54) is 12.1 Å². The molecule has 3 aromatic rings. The third-order valence-electron chi connectivity index (χ3n) is 4.71. The van der Waals surface area contributed by atoms with Crippen molar-refractivity contribution in [1.29, 1.82) is 10.7 Å². The van der Waals surface area contributed by atoms with E-state index in [-0.39, 0.29) is 11.3 Å². The number of nitrogens with one attached hydrogen (secondary N) is 1. The first kappa shape index (κ1) is 20.0. The van der Waals surface area contributed by atoms with Gasteiger partial charge in [0.1, 0.15) is 24.2 Å². The Morgan fingerprint density at radius 2 is 1.97 bits per heavy atom. The molecule has 3 N–H and O–H groups in total. The number of benzene rings is 2. The summed E-state index contributed by atoms with van der Waals surface area (Å²) in [5, 5.41) is 25.6. The first-order valence-electron chi connectivity index (χ1n) is 8.91. The maximum absolute atomic E-state index is 14.0. The van der Waals surface area contributed by atoms with Gasteiger partial charge in [-0.05, 0) is 62.2 Å². The first-order valence-corrected chi connectivity index (χ1v) is 8.91. The van der Waals surface area contributed by atoms with Gasteiger partial charge >= 0.3 is 0 Å². The fourth-order valence-corrected chi connectivity index (χ4v) is 2.99. The number of aromatic nitrogens is 2. The summed E-state index contributed by atoms with van der Waals surface area (Å²) >= 11 is 0. The number of anilines is 1. The van der Waals surface area contributed by atoms with Crippen molar-refractivity contribution in [2.75, 3.05) is 5.73 Å². The Labute approximate surface area is 168 Å². The zero-order valence-electron chi connectivity index (χ0n) is 16.4. The smallest absolute Gasteiger partial charge is 0.143 e. The molecule has 0 bridgehead atoms. The molecule has 6 nitrogen and oxygen atoms in total. The van der Waals surface area contributed by atoms with Gasteiger partial charge in [0.25, 0.3) is 0 Å². The number of rotatable bonds is 5. The average Bonchev–Trinajstić information content (AvgIpc) is 2.70. The molecule has 0 amide bonds. The van der Waals surface area contributed by atoms with Crippen LogP contribution < -0.4 is 10.5 Å². The van der Waals surface area contributed by atoms with Crippen LogP contribution in [-0.2, 0) is 6.61 Å². The molecule has 29 heavy (non-hydrogen) atoms. The molecule has 0 unspecified atom stereocenters. The number of nitrogens with zero attached hydrogens (tertiary/aromatic N) is 3. The summed E-state index contributed by atoms with van der Waals surface area (Å²) in [7, 11) is 0. The molecule has 7 heteroatoms. The minimum atomic E-state index is -0.578. The van der Waals surface area contributed by atoms with Gasteiger partial charge in [-0.3, -0.25) is 5.41 Å². The maximum atomic E-state index is 14.0. The lowest BCUT2D eigenvalue weighted by atomic mass is 9.97. The monoisotopic (exact) mass is 389 g/mol. The van der Waals surface area contributed by atoms with Gasteiger partial charge in [0, 0.05) is 22.4 Å². The van der Waals surface area contributed by atoms with Crippen LogP contribution in [-0.4, -0.2) is 15.9 Å². The molecule has 0 aliphatic carbocycles. The van der Waals surface area contributed by atoms with Crippen molar-refractivity contribution >= 4 is 11.4 Å². The van der Waals surface area contributed by atoms with Gasteiger partial charge in [0.2, 0.25) is 0 Å². The van der Waals surface area contributed by atoms with Crippen LogP contribution in [0.5, 0.6) is 5.75 Å². The van der Waals surface area contributed by atoms with Crippen molar-refractivity contribution < 1.29 is 9.13 Å². The summed E-state index contributed by atoms with van der Waals surface area (Å²) < 4.78 is 19.9. The lowest BCUT2D eigenvalue weighted by molar-refractivity contribution is 0.303. The number of nitrogen functional groups attached to an aromatic ring is 1. The highest BCUT2D eigenvalue weighted by atomic mass is 19.1. The molecule has 0 aliphatic rings. The van der Waals surface area contributed by atoms with Gasteiger partial charge in [0.15, 0.2) is 0 Å². The predicted molar refractivity (Wildman–Crippen MR) is 108 cm³/mol. The van der Waals surface area contributed by atoms with Crippen LogP contribution in [0.15, 0.2) is 36.5 Å². The van der Waals surface area contributed by atoms with Crippen molar-refractivity contribution in [3.63, 3.8) is 0 Å². The number of aryl methyl sites for hydroxylation is 3. The van der Waals surface area contributed by atoms with Crippen LogP contribution in [0, 0.1) is 43.3 Å². The summed E-state index contributed by atoms with van der Waals surface area (Å²) in [5.41, 5.74) is 10.3. The van der Waals surface area contributed by atoms with E-state index in [0.717, 1.165) is 16.8 Å². The molecule has 1 heterocycles. The van der Waals surface area contributed by atoms with Gasteiger partial charge in [0.05, 0.1) is 23.2 Å². The summed E-state index contributed by atoms with van der Waals surface area (Å²) in [6.45, 7) is 5.67. The largest absolute Gasteiger partial charge is 0.489 e. The van der Waals surface area contributed by atoms with E-state index in [4.69, 9.17) is 21.1 Å². The van der Waals surface area contributed by atoms with Crippen LogP contribution in [0.4, 0.5) is 10.1 Å². The Balaban J connectivity index is 1.91. The third-order valence-corrected chi connectivity index (χ3v) is 4.71. The maximum Gasteiger partial charge on any atom is 0.143 e. The number of hydrogen-bond donors (Lipinski definition) is 2. The molecule has 0 aliphatic heterocycles. The minimum Gasteiger partial charge on any atom is -0.489 e. The minimum absolute atomic E-state index is 0.0884. The van der Waals surface area contributed by atoms with Crippen LogP contribution in [0.3, 0.4) is 0 Å². The predicted octanol–water partition coefficient (Wildman–Crippen LogP) is 3.99. The Hall–Kier alpha value is -3.79. The Bertz CT molecular complexity index is 1130. The van der Waals surface area contributed by atoms with Crippen molar-refractivity contribution in [1.82, 2.24) is 10.2 Å². The average molecular weight is 389 g/mol. The Kier molecular flexibility index (Phi) is 5.55. The second-order valence-corrected chi connectivity index (χ2v) is 6.77. The highest BCUT2D eigenvalue weighted by Gasteiger charge is 2.15. The second-order valence-electron chi connectivity index (χ2n) is 6.77. The highest BCUT2D eigenvalue weighted by Crippen LogP contribution is 2.25. The topological polar surface area (TPSA) is 109 Å². The van der Waals surface area contributed by atoms with E-state index in [0.29, 0.717) is 34.7 Å². The number of nitrogens with two attached hydrogens (primary N) is 1. The lowest BCUT2D eigenvalue weighted by Crippen LogP contribution is -2.08. The molecular weight excluding hydrogens is 369 g/mol. The van der Waals surface area contributed by atoms with Gasteiger partial charge in [-0.1, -0.05) is 0 Å². The standard InChI is InChI=1S/C22H20FN5O/c1-12-6-15(7-16(9-24)21(12)23)22(26)18-8-17(4-5-20(18)25)29-11-19-13(2)10-27-28-14(19)3/h4-8,10,26H,11,25H2,1-3H3. The quantitative estimate of drug-likeness (QED) is 0.507. The molecule has 146 valence electrons. The van der Waals surface area contributed by atoms with Gasteiger partial charge in [-0.15, -0.1) is 0 Å². The van der Waals surface area contributed by atoms with E-state index in [1.54, 1.807) is 31.3 Å². The van der Waals surface area contributed by atoms with Crippen molar-refractivity contribution in [3.8, 4) is 11.8 Å². The first-order chi connectivity index (χ1) is 13.8. The van der Waals surface area contributed by atoms with E-state index in [2.05, 4.69) is 10.2 Å². The molecule has 1 aromatic heterocycles. The molecule has 0 saturated carbocycles. The van der Waals surface area contributed by atoms with E-state index >= 15 is 0 Å². The number of halogens is 1.